The van der Waals surface area contributed by atoms with Crippen LogP contribution in [0.4, 0.5) is 5.69 Å². The Morgan fingerprint density at radius 2 is 1.80 bits per heavy atom. The fourth-order valence-corrected chi connectivity index (χ4v) is 5.54. The second kappa shape index (κ2) is 6.73. The van der Waals surface area contributed by atoms with Gasteiger partial charge in [0.25, 0.3) is 0 Å². The van der Waals surface area contributed by atoms with Crippen LogP contribution in [0.5, 0.6) is 0 Å². The van der Waals surface area contributed by atoms with E-state index in [0.29, 0.717) is 24.3 Å². The van der Waals surface area contributed by atoms with E-state index < -0.39 is 28.6 Å². The second-order valence-electron chi connectivity index (χ2n) is 8.78. The lowest BCUT2D eigenvalue weighted by Gasteiger charge is -2.52. The van der Waals surface area contributed by atoms with Gasteiger partial charge in [0, 0.05) is 26.2 Å². The molecule has 0 spiro atoms. The summed E-state index contributed by atoms with van der Waals surface area (Å²) in [4.78, 5) is 1.95. The number of hydrogen-bond acceptors (Lipinski definition) is 7. The fraction of sp³-hybridized carbons (Fsp3) is 0.565. The number of ether oxygens (including phenoxy) is 2. The van der Waals surface area contributed by atoms with Gasteiger partial charge in [0.2, 0.25) is 17.1 Å². The van der Waals surface area contributed by atoms with E-state index in [4.69, 9.17) is 14.9 Å². The van der Waals surface area contributed by atoms with E-state index in [2.05, 4.69) is 25.1 Å². The highest BCUT2D eigenvalue weighted by Gasteiger charge is 2.80. The molecule has 3 fully saturated rings. The zero-order chi connectivity index (χ0) is 21.7. The molecule has 1 N–H and O–H groups in total. The number of nitrogens with zero attached hydrogens (tertiary/aromatic N) is 4. The fourth-order valence-electron chi connectivity index (χ4n) is 5.54. The van der Waals surface area contributed by atoms with Crippen molar-refractivity contribution in [3.63, 3.8) is 0 Å². The topological polar surface area (TPSA) is 117 Å². The van der Waals surface area contributed by atoms with Crippen LogP contribution < -0.4 is 4.90 Å². The van der Waals surface area contributed by atoms with Crippen molar-refractivity contribution in [3.05, 3.63) is 29.8 Å². The summed E-state index contributed by atoms with van der Waals surface area (Å²) in [5.74, 6) is -1.61. The number of rotatable bonds is 3. The first-order valence-corrected chi connectivity index (χ1v) is 10.3. The summed E-state index contributed by atoms with van der Waals surface area (Å²) in [6.07, 6.45) is 1.95. The highest BCUT2D eigenvalue weighted by atomic mass is 16.7. The van der Waals surface area contributed by atoms with Crippen LogP contribution in [0.3, 0.4) is 0 Å². The van der Waals surface area contributed by atoms with Gasteiger partial charge in [-0.3, -0.25) is 5.41 Å². The van der Waals surface area contributed by atoms with Crippen molar-refractivity contribution in [3.8, 4) is 18.2 Å². The first kappa shape index (κ1) is 20.2. The Bertz CT molecular complexity index is 984. The molecule has 1 saturated carbocycles. The van der Waals surface area contributed by atoms with Crippen molar-refractivity contribution in [1.82, 2.24) is 0 Å². The van der Waals surface area contributed by atoms with Gasteiger partial charge >= 0.3 is 0 Å². The molecule has 3 aliphatic rings. The van der Waals surface area contributed by atoms with E-state index in [9.17, 15) is 15.8 Å². The van der Waals surface area contributed by atoms with Crippen molar-refractivity contribution < 1.29 is 9.47 Å². The van der Waals surface area contributed by atoms with Gasteiger partial charge in [-0.1, -0.05) is 25.5 Å². The highest BCUT2D eigenvalue weighted by Crippen LogP contribution is 2.70. The van der Waals surface area contributed by atoms with E-state index in [1.165, 1.54) is 0 Å². The van der Waals surface area contributed by atoms with E-state index in [0.717, 1.165) is 18.5 Å². The monoisotopic (exact) mass is 403 g/mol. The minimum absolute atomic E-state index is 0.303. The van der Waals surface area contributed by atoms with E-state index in [1.54, 1.807) is 0 Å². The predicted octanol–water partition coefficient (Wildman–Crippen LogP) is 3.90. The first-order chi connectivity index (χ1) is 14.3. The molecule has 154 valence electrons. The minimum atomic E-state index is -1.88. The Kier molecular flexibility index (Phi) is 4.53. The van der Waals surface area contributed by atoms with Gasteiger partial charge in [-0.2, -0.15) is 15.8 Å². The van der Waals surface area contributed by atoms with Crippen LogP contribution in [-0.4, -0.2) is 25.8 Å². The molecule has 2 heterocycles. The van der Waals surface area contributed by atoms with Crippen molar-refractivity contribution in [1.29, 1.82) is 21.2 Å². The van der Waals surface area contributed by atoms with Crippen LogP contribution >= 0.6 is 0 Å². The molecule has 5 unspecified atom stereocenters. The standard InChI is InChI=1S/C23H25N5O2/c1-4-15-9-10-23-18(11-15)22(14-26,20(27)30-23)21(12-24,13-25)19(29-23)16-5-7-17(8-6-16)28(2)3/h5-8,15,18-19,27H,4,9-11H2,1-3H3. The summed E-state index contributed by atoms with van der Waals surface area (Å²) in [7, 11) is 3.85. The minimum Gasteiger partial charge on any atom is -0.447 e. The Morgan fingerprint density at radius 1 is 1.13 bits per heavy atom. The van der Waals surface area contributed by atoms with Crippen LogP contribution in [0.2, 0.25) is 0 Å². The third-order valence-electron chi connectivity index (χ3n) is 7.31. The summed E-state index contributed by atoms with van der Waals surface area (Å²) in [5, 5.41) is 39.6. The highest BCUT2D eigenvalue weighted by molar-refractivity contribution is 5.89. The molecule has 1 aliphatic carbocycles. The maximum absolute atomic E-state index is 10.4. The summed E-state index contributed by atoms with van der Waals surface area (Å²) in [6.45, 7) is 2.09. The van der Waals surface area contributed by atoms with E-state index in [-0.39, 0.29) is 5.90 Å². The first-order valence-electron chi connectivity index (χ1n) is 10.3. The Labute approximate surface area is 176 Å². The molecule has 1 aromatic carbocycles. The predicted molar refractivity (Wildman–Crippen MR) is 109 cm³/mol. The van der Waals surface area contributed by atoms with Crippen LogP contribution in [0.15, 0.2) is 24.3 Å². The Hall–Kier alpha value is -3.08. The number of hydrogen-bond donors (Lipinski definition) is 1. The molecular formula is C23H25N5O2. The molecule has 2 bridgehead atoms. The van der Waals surface area contributed by atoms with Gasteiger partial charge in [0.05, 0.1) is 24.1 Å². The lowest BCUT2D eigenvalue weighted by Crippen LogP contribution is -2.61. The van der Waals surface area contributed by atoms with Crippen molar-refractivity contribution in [2.45, 2.75) is 44.5 Å². The maximum Gasteiger partial charge on any atom is 0.217 e. The Morgan fingerprint density at radius 3 is 2.33 bits per heavy atom. The van der Waals surface area contributed by atoms with Crippen LogP contribution in [0.25, 0.3) is 0 Å². The lowest BCUT2D eigenvalue weighted by atomic mass is 9.50. The van der Waals surface area contributed by atoms with E-state index >= 15 is 0 Å². The maximum atomic E-state index is 10.4. The molecule has 2 aliphatic heterocycles. The van der Waals surface area contributed by atoms with Crippen LogP contribution in [0.1, 0.15) is 44.3 Å². The van der Waals surface area contributed by atoms with Gasteiger partial charge in [-0.05, 0) is 36.5 Å². The molecule has 0 radical (unpaired) electrons. The summed E-state index contributed by atoms with van der Waals surface area (Å²) in [6, 6.07) is 13.9. The zero-order valence-electron chi connectivity index (χ0n) is 17.5. The molecule has 0 amide bonds. The molecule has 5 atom stereocenters. The number of anilines is 1. The summed E-state index contributed by atoms with van der Waals surface area (Å²) in [5.41, 5.74) is -1.93. The van der Waals surface area contributed by atoms with Gasteiger partial charge in [0.1, 0.15) is 6.10 Å². The molecule has 0 aromatic heterocycles. The molecular weight excluding hydrogens is 378 g/mol. The van der Waals surface area contributed by atoms with Crippen LogP contribution in [0, 0.1) is 62.1 Å². The molecule has 4 rings (SSSR count). The van der Waals surface area contributed by atoms with Crippen molar-refractivity contribution in [2.75, 3.05) is 19.0 Å². The lowest BCUT2D eigenvalue weighted by molar-refractivity contribution is -0.299. The largest absolute Gasteiger partial charge is 0.447 e. The SMILES string of the molecule is CCC1CCC23OC(=N)C(C#N)(C2C1)C(C#N)(C#N)C(c1ccc(N(C)C)cc1)O3. The van der Waals surface area contributed by atoms with E-state index in [1.807, 2.05) is 43.3 Å². The number of nitrogens with one attached hydrogen (secondary N) is 1. The van der Waals surface area contributed by atoms with Gasteiger partial charge < -0.3 is 14.4 Å². The average Bonchev–Trinajstić information content (AvgIpc) is 2.97. The van der Waals surface area contributed by atoms with Gasteiger partial charge in [-0.25, -0.2) is 0 Å². The quantitative estimate of drug-likeness (QED) is 0.818. The molecule has 30 heavy (non-hydrogen) atoms. The van der Waals surface area contributed by atoms with Crippen molar-refractivity contribution in [2.24, 2.45) is 22.7 Å². The summed E-state index contributed by atoms with van der Waals surface area (Å²) < 4.78 is 12.4. The zero-order valence-corrected chi connectivity index (χ0v) is 17.5. The summed E-state index contributed by atoms with van der Waals surface area (Å²) >= 11 is 0. The normalized spacial score (nSPS) is 35.9. The second-order valence-corrected chi connectivity index (χ2v) is 8.78. The average molecular weight is 403 g/mol. The third-order valence-corrected chi connectivity index (χ3v) is 7.31. The molecule has 2 saturated heterocycles. The smallest absolute Gasteiger partial charge is 0.217 e. The van der Waals surface area contributed by atoms with Crippen molar-refractivity contribution >= 4 is 11.6 Å². The molecule has 7 heteroatoms. The van der Waals surface area contributed by atoms with Crippen LogP contribution in [-0.2, 0) is 9.47 Å². The number of nitriles is 3. The van der Waals surface area contributed by atoms with Gasteiger partial charge in [0.15, 0.2) is 5.41 Å². The third kappa shape index (κ3) is 2.29. The number of benzene rings is 1. The molecule has 7 nitrogen and oxygen atoms in total. The Balaban J connectivity index is 1.91. The molecule has 1 aromatic rings. The van der Waals surface area contributed by atoms with Gasteiger partial charge in [-0.15, -0.1) is 0 Å².